The quantitative estimate of drug-likeness (QED) is 0.858. The van der Waals surface area contributed by atoms with Gasteiger partial charge in [-0.2, -0.15) is 0 Å². The first-order valence-corrected chi connectivity index (χ1v) is 7.00. The van der Waals surface area contributed by atoms with E-state index >= 15 is 0 Å². The van der Waals surface area contributed by atoms with E-state index in [0.29, 0.717) is 13.2 Å². The zero-order chi connectivity index (χ0) is 14.0. The van der Waals surface area contributed by atoms with Crippen molar-refractivity contribution in [2.45, 2.75) is 39.0 Å². The summed E-state index contributed by atoms with van der Waals surface area (Å²) in [6.07, 6.45) is -0.420. The Bertz CT molecular complexity index is 482. The van der Waals surface area contributed by atoms with Crippen molar-refractivity contribution in [1.82, 2.24) is 5.32 Å². The summed E-state index contributed by atoms with van der Waals surface area (Å²) >= 11 is 3.43. The number of benzene rings is 1. The second-order valence-corrected chi connectivity index (χ2v) is 6.47. The van der Waals surface area contributed by atoms with Gasteiger partial charge < -0.3 is 14.8 Å². The summed E-state index contributed by atoms with van der Waals surface area (Å²) in [6.45, 7) is 6.56. The number of halogens is 1. The molecule has 0 fully saturated rings. The first-order chi connectivity index (χ1) is 8.85. The van der Waals surface area contributed by atoms with Crippen LogP contribution in [0.3, 0.4) is 0 Å². The summed E-state index contributed by atoms with van der Waals surface area (Å²) in [4.78, 5) is 11.8. The van der Waals surface area contributed by atoms with Crippen LogP contribution in [0.25, 0.3) is 0 Å². The number of rotatable bonds is 1. The van der Waals surface area contributed by atoms with Crippen LogP contribution in [-0.4, -0.2) is 18.3 Å². The number of amides is 1. The fourth-order valence-corrected chi connectivity index (χ4v) is 2.39. The molecule has 1 aromatic carbocycles. The lowest BCUT2D eigenvalue weighted by molar-refractivity contribution is 0.0390. The van der Waals surface area contributed by atoms with Gasteiger partial charge in [-0.1, -0.05) is 22.0 Å². The highest BCUT2D eigenvalue weighted by atomic mass is 79.9. The first-order valence-electron chi connectivity index (χ1n) is 6.21. The third-order valence-corrected chi connectivity index (χ3v) is 3.21. The van der Waals surface area contributed by atoms with Crippen molar-refractivity contribution in [3.63, 3.8) is 0 Å². The highest BCUT2D eigenvalue weighted by Crippen LogP contribution is 2.27. The van der Waals surface area contributed by atoms with Crippen LogP contribution in [0.5, 0.6) is 0 Å². The van der Waals surface area contributed by atoms with Crippen molar-refractivity contribution in [3.8, 4) is 0 Å². The van der Waals surface area contributed by atoms with E-state index in [0.717, 1.165) is 15.6 Å². The third kappa shape index (κ3) is 3.94. The Balaban J connectivity index is 2.09. The van der Waals surface area contributed by atoms with Crippen LogP contribution in [0, 0.1) is 0 Å². The molecule has 1 amide bonds. The summed E-state index contributed by atoms with van der Waals surface area (Å²) in [7, 11) is 0. The number of carbonyl (C=O) groups is 1. The number of hydrogen-bond donors (Lipinski definition) is 1. The zero-order valence-electron chi connectivity index (χ0n) is 11.3. The van der Waals surface area contributed by atoms with Crippen LogP contribution in [-0.2, 0) is 16.1 Å². The fraction of sp³-hybridized carbons (Fsp3) is 0.500. The molecule has 0 saturated carbocycles. The van der Waals surface area contributed by atoms with E-state index in [2.05, 4.69) is 21.2 Å². The Kier molecular flexibility index (Phi) is 4.16. The van der Waals surface area contributed by atoms with Gasteiger partial charge in [0.05, 0.1) is 19.3 Å². The molecule has 1 N–H and O–H groups in total. The number of carbonyl (C=O) groups excluding carboxylic acids is 1. The highest BCUT2D eigenvalue weighted by molar-refractivity contribution is 9.10. The molecule has 0 spiro atoms. The third-order valence-electron chi connectivity index (χ3n) is 2.71. The summed E-state index contributed by atoms with van der Waals surface area (Å²) in [6, 6.07) is 5.82. The van der Waals surface area contributed by atoms with Crippen LogP contribution < -0.4 is 5.32 Å². The van der Waals surface area contributed by atoms with Crippen molar-refractivity contribution in [2.24, 2.45) is 0 Å². The number of hydrogen-bond acceptors (Lipinski definition) is 3. The van der Waals surface area contributed by atoms with Crippen LogP contribution in [0.4, 0.5) is 4.79 Å². The maximum Gasteiger partial charge on any atom is 0.408 e. The average molecular weight is 328 g/mol. The van der Waals surface area contributed by atoms with E-state index in [-0.39, 0.29) is 6.04 Å². The standard InChI is InChI=1S/C14H18BrNO3/c1-14(2,3)19-13(17)16-12-8-18-7-9-6-10(15)4-5-11(9)12/h4-6,12H,7-8H2,1-3H3,(H,16,17). The lowest BCUT2D eigenvalue weighted by Crippen LogP contribution is -2.38. The molecule has 1 aromatic rings. The van der Waals surface area contributed by atoms with Gasteiger partial charge in [-0.25, -0.2) is 4.79 Å². The van der Waals surface area contributed by atoms with Gasteiger partial charge in [-0.3, -0.25) is 0 Å². The van der Waals surface area contributed by atoms with Crippen molar-refractivity contribution in [1.29, 1.82) is 0 Å². The van der Waals surface area contributed by atoms with E-state index in [1.165, 1.54) is 0 Å². The minimum absolute atomic E-state index is 0.160. The van der Waals surface area contributed by atoms with Gasteiger partial charge in [0.15, 0.2) is 0 Å². The van der Waals surface area contributed by atoms with Crippen molar-refractivity contribution >= 4 is 22.0 Å². The van der Waals surface area contributed by atoms with Crippen LogP contribution in [0.2, 0.25) is 0 Å². The first kappa shape index (κ1) is 14.3. The molecule has 5 heteroatoms. The Morgan fingerprint density at radius 2 is 2.21 bits per heavy atom. The molecular formula is C14H18BrNO3. The van der Waals surface area contributed by atoms with Gasteiger partial charge in [0, 0.05) is 4.47 Å². The van der Waals surface area contributed by atoms with E-state index < -0.39 is 11.7 Å². The summed E-state index contributed by atoms with van der Waals surface area (Å²) < 4.78 is 11.8. The highest BCUT2D eigenvalue weighted by Gasteiger charge is 2.25. The molecule has 104 valence electrons. The molecule has 1 atom stereocenters. The maximum absolute atomic E-state index is 11.8. The molecule has 1 aliphatic heterocycles. The lowest BCUT2D eigenvalue weighted by atomic mass is 9.99. The largest absolute Gasteiger partial charge is 0.444 e. The summed E-state index contributed by atoms with van der Waals surface area (Å²) in [5, 5.41) is 2.85. The molecule has 1 unspecified atom stereocenters. The smallest absolute Gasteiger partial charge is 0.408 e. The molecule has 0 radical (unpaired) electrons. The van der Waals surface area contributed by atoms with E-state index in [1.807, 2.05) is 39.0 Å². The zero-order valence-corrected chi connectivity index (χ0v) is 12.9. The van der Waals surface area contributed by atoms with Crippen LogP contribution >= 0.6 is 15.9 Å². The second-order valence-electron chi connectivity index (χ2n) is 5.56. The summed E-state index contributed by atoms with van der Waals surface area (Å²) in [5.74, 6) is 0. The Morgan fingerprint density at radius 1 is 1.47 bits per heavy atom. The maximum atomic E-state index is 11.8. The van der Waals surface area contributed by atoms with Crippen LogP contribution in [0.15, 0.2) is 22.7 Å². The Labute approximate surface area is 121 Å². The Hall–Kier alpha value is -1.07. The van der Waals surface area contributed by atoms with Gasteiger partial charge >= 0.3 is 6.09 Å². The van der Waals surface area contributed by atoms with E-state index in [9.17, 15) is 4.79 Å². The predicted octanol–water partition coefficient (Wildman–Crippen LogP) is 3.55. The molecule has 1 aliphatic rings. The minimum Gasteiger partial charge on any atom is -0.444 e. The average Bonchev–Trinajstić information content (AvgIpc) is 2.26. The van der Waals surface area contributed by atoms with Gasteiger partial charge in [-0.05, 0) is 44.0 Å². The van der Waals surface area contributed by atoms with Gasteiger partial charge in [0.2, 0.25) is 0 Å². The molecule has 2 rings (SSSR count). The molecule has 4 nitrogen and oxygen atoms in total. The number of fused-ring (bicyclic) bond motifs is 1. The molecular weight excluding hydrogens is 310 g/mol. The van der Waals surface area contributed by atoms with E-state index in [4.69, 9.17) is 9.47 Å². The second kappa shape index (κ2) is 5.51. The summed E-state index contributed by atoms with van der Waals surface area (Å²) in [5.41, 5.74) is 1.67. The van der Waals surface area contributed by atoms with Crippen molar-refractivity contribution in [2.75, 3.05) is 6.61 Å². The number of nitrogens with one attached hydrogen (secondary N) is 1. The number of ether oxygens (including phenoxy) is 2. The monoisotopic (exact) mass is 327 g/mol. The molecule has 0 bridgehead atoms. The SMILES string of the molecule is CC(C)(C)OC(=O)NC1COCc2cc(Br)ccc21. The normalized spacial score (nSPS) is 18.6. The topological polar surface area (TPSA) is 47.6 Å². The molecule has 19 heavy (non-hydrogen) atoms. The molecule has 0 aromatic heterocycles. The fourth-order valence-electron chi connectivity index (χ4n) is 1.99. The van der Waals surface area contributed by atoms with Gasteiger partial charge in [0.1, 0.15) is 5.60 Å². The lowest BCUT2D eigenvalue weighted by Gasteiger charge is -2.28. The molecule has 0 aliphatic carbocycles. The molecule has 0 saturated heterocycles. The van der Waals surface area contributed by atoms with Crippen LogP contribution in [0.1, 0.15) is 37.9 Å². The van der Waals surface area contributed by atoms with E-state index in [1.54, 1.807) is 0 Å². The number of alkyl carbamates (subject to hydrolysis) is 1. The van der Waals surface area contributed by atoms with Crippen molar-refractivity contribution < 1.29 is 14.3 Å². The Morgan fingerprint density at radius 3 is 2.89 bits per heavy atom. The predicted molar refractivity (Wildman–Crippen MR) is 75.9 cm³/mol. The minimum atomic E-state index is -0.498. The van der Waals surface area contributed by atoms with Gasteiger partial charge in [-0.15, -0.1) is 0 Å². The molecule has 1 heterocycles. The van der Waals surface area contributed by atoms with Gasteiger partial charge in [0.25, 0.3) is 0 Å². The van der Waals surface area contributed by atoms with Crippen molar-refractivity contribution in [3.05, 3.63) is 33.8 Å².